The molecule has 47 heavy (non-hydrogen) atoms. The molecule has 0 saturated heterocycles. The molecule has 0 bridgehead atoms. The van der Waals surface area contributed by atoms with Crippen molar-refractivity contribution in [2.75, 3.05) is 10.8 Å². The fourth-order valence-corrected chi connectivity index (χ4v) is 6.32. The summed E-state index contributed by atoms with van der Waals surface area (Å²) in [5.74, 6) is -2.13. The van der Waals surface area contributed by atoms with Crippen molar-refractivity contribution in [2.24, 2.45) is 0 Å². The second kappa shape index (κ2) is 15.3. The van der Waals surface area contributed by atoms with Gasteiger partial charge in [0.05, 0.1) is 16.1 Å². The molecule has 0 spiro atoms. The number of carbonyl (C=O) groups is 2. The molecule has 2 atom stereocenters. The van der Waals surface area contributed by atoms with Crippen molar-refractivity contribution in [1.29, 1.82) is 0 Å². The quantitative estimate of drug-likeness (QED) is 0.163. The highest BCUT2D eigenvalue weighted by Crippen LogP contribution is 2.33. The molecule has 4 aromatic rings. The Labute approximate surface area is 271 Å². The molecular weight excluding hydrogens is 634 g/mol. The van der Waals surface area contributed by atoms with Crippen LogP contribution in [-0.2, 0) is 38.8 Å². The molecule has 0 aromatic heterocycles. The summed E-state index contributed by atoms with van der Waals surface area (Å²) in [4.78, 5) is 29.0. The van der Waals surface area contributed by atoms with E-state index in [1.165, 1.54) is 42.5 Å². The zero-order valence-corrected chi connectivity index (χ0v) is 26.6. The van der Waals surface area contributed by atoms with Crippen molar-refractivity contribution in [1.82, 2.24) is 10.2 Å². The minimum atomic E-state index is -4.80. The summed E-state index contributed by atoms with van der Waals surface area (Å²) in [5, 5.41) is 2.87. The summed E-state index contributed by atoms with van der Waals surface area (Å²) >= 11 is 0. The van der Waals surface area contributed by atoms with Gasteiger partial charge in [-0.25, -0.2) is 12.8 Å². The Hall–Kier alpha value is -4.71. The fourth-order valence-electron chi connectivity index (χ4n) is 4.89. The lowest BCUT2D eigenvalue weighted by atomic mass is 10.0. The molecule has 0 aliphatic heterocycles. The van der Waals surface area contributed by atoms with Crippen LogP contribution < -0.4 is 9.62 Å². The monoisotopic (exact) mass is 669 g/mol. The summed E-state index contributed by atoms with van der Waals surface area (Å²) in [7, 11) is -4.61. The third-order valence-corrected chi connectivity index (χ3v) is 9.43. The van der Waals surface area contributed by atoms with Crippen LogP contribution in [0.25, 0.3) is 0 Å². The van der Waals surface area contributed by atoms with E-state index in [0.717, 1.165) is 23.1 Å². The topological polar surface area (TPSA) is 86.8 Å². The van der Waals surface area contributed by atoms with Crippen molar-refractivity contribution < 1.29 is 35.6 Å². The van der Waals surface area contributed by atoms with Gasteiger partial charge in [0.25, 0.3) is 10.0 Å². The van der Waals surface area contributed by atoms with Gasteiger partial charge in [0.15, 0.2) is 0 Å². The van der Waals surface area contributed by atoms with Gasteiger partial charge in [-0.05, 0) is 55.3 Å². The normalized spacial score (nSPS) is 13.0. The largest absolute Gasteiger partial charge is 0.416 e. The van der Waals surface area contributed by atoms with Crippen LogP contribution >= 0.6 is 0 Å². The van der Waals surface area contributed by atoms with E-state index >= 15 is 4.39 Å². The maximum absolute atomic E-state index is 15.0. The molecule has 0 heterocycles. The lowest BCUT2D eigenvalue weighted by Gasteiger charge is -2.34. The van der Waals surface area contributed by atoms with E-state index in [4.69, 9.17) is 0 Å². The van der Waals surface area contributed by atoms with Crippen molar-refractivity contribution in [3.05, 3.63) is 132 Å². The molecular formula is C35H35F4N3O4S. The molecule has 248 valence electrons. The van der Waals surface area contributed by atoms with Crippen LogP contribution in [0.3, 0.4) is 0 Å². The zero-order chi connectivity index (χ0) is 34.2. The number of nitrogens with zero attached hydrogens (tertiary/aromatic N) is 2. The number of hydrogen-bond donors (Lipinski definition) is 1. The van der Waals surface area contributed by atoms with Crippen LogP contribution in [-0.4, -0.2) is 43.8 Å². The number of carbonyl (C=O) groups excluding carboxylic acids is 2. The number of rotatable bonds is 13. The molecule has 0 saturated carbocycles. The van der Waals surface area contributed by atoms with Gasteiger partial charge in [-0.3, -0.25) is 13.9 Å². The van der Waals surface area contributed by atoms with Gasteiger partial charge >= 0.3 is 6.18 Å². The number of benzene rings is 4. The Kier molecular flexibility index (Phi) is 11.4. The second-order valence-corrected chi connectivity index (χ2v) is 12.9. The molecule has 4 rings (SSSR count). The van der Waals surface area contributed by atoms with Gasteiger partial charge in [-0.1, -0.05) is 79.7 Å². The number of sulfonamides is 1. The molecule has 0 aliphatic carbocycles. The average molecular weight is 670 g/mol. The fraction of sp³-hybridized carbons (Fsp3) is 0.257. The van der Waals surface area contributed by atoms with Crippen molar-refractivity contribution >= 4 is 27.5 Å². The first kappa shape index (κ1) is 35.1. The third-order valence-electron chi connectivity index (χ3n) is 7.64. The number of amides is 2. The summed E-state index contributed by atoms with van der Waals surface area (Å²) in [6.45, 7) is 2.25. The number of anilines is 1. The minimum absolute atomic E-state index is 0.00169. The van der Waals surface area contributed by atoms with Crippen molar-refractivity contribution in [3.63, 3.8) is 0 Å². The highest BCUT2D eigenvalue weighted by Gasteiger charge is 2.37. The Bertz CT molecular complexity index is 1770. The van der Waals surface area contributed by atoms with Gasteiger partial charge < -0.3 is 10.2 Å². The smallest absolute Gasteiger partial charge is 0.352 e. The van der Waals surface area contributed by atoms with Gasteiger partial charge in [0.1, 0.15) is 18.4 Å². The van der Waals surface area contributed by atoms with E-state index in [1.807, 2.05) is 6.92 Å². The lowest BCUT2D eigenvalue weighted by Crippen LogP contribution is -2.54. The molecule has 12 heteroatoms. The van der Waals surface area contributed by atoms with Gasteiger partial charge in [0, 0.05) is 24.6 Å². The van der Waals surface area contributed by atoms with Gasteiger partial charge in [0.2, 0.25) is 11.8 Å². The summed E-state index contributed by atoms with van der Waals surface area (Å²) in [6.07, 6.45) is -4.23. The van der Waals surface area contributed by atoms with E-state index < -0.39 is 64.2 Å². The highest BCUT2D eigenvalue weighted by molar-refractivity contribution is 7.92. The van der Waals surface area contributed by atoms with Crippen LogP contribution in [0.5, 0.6) is 0 Å². The number of halogens is 4. The van der Waals surface area contributed by atoms with Crippen molar-refractivity contribution in [3.8, 4) is 0 Å². The Morgan fingerprint density at radius 1 is 0.851 bits per heavy atom. The standard InChI is InChI=1S/C35H35F4N3O4S/c1-3-25(2)40-34(44)32(21-26-13-6-4-7-14-26)41(23-27-15-10-11-20-31(27)36)33(43)24-42(47(45,46)30-18-8-5-9-19-30)29-17-12-16-28(22-29)35(37,38)39/h4-20,22,25,32H,3,21,23-24H2,1-2H3,(H,40,44)/t25-,32-/m0/s1. The number of nitrogens with one attached hydrogen (secondary N) is 1. The molecule has 0 aliphatic rings. The van der Waals surface area contributed by atoms with E-state index in [-0.39, 0.29) is 22.9 Å². The third kappa shape index (κ3) is 8.97. The minimum Gasteiger partial charge on any atom is -0.352 e. The lowest BCUT2D eigenvalue weighted by molar-refractivity contribution is -0.140. The van der Waals surface area contributed by atoms with Crippen LogP contribution in [0.2, 0.25) is 0 Å². The van der Waals surface area contributed by atoms with Crippen LogP contribution in [0, 0.1) is 5.82 Å². The molecule has 0 radical (unpaired) electrons. The van der Waals surface area contributed by atoms with E-state index in [0.29, 0.717) is 22.4 Å². The molecule has 0 unspecified atom stereocenters. The highest BCUT2D eigenvalue weighted by atomic mass is 32.2. The zero-order valence-electron chi connectivity index (χ0n) is 25.8. The Morgan fingerprint density at radius 2 is 1.47 bits per heavy atom. The SMILES string of the molecule is CC[C@H](C)NC(=O)[C@H](Cc1ccccc1)N(Cc1ccccc1F)C(=O)CN(c1cccc(C(F)(F)F)c1)S(=O)(=O)c1ccccc1. The van der Waals surface area contributed by atoms with E-state index in [2.05, 4.69) is 5.32 Å². The maximum Gasteiger partial charge on any atom is 0.416 e. The summed E-state index contributed by atoms with van der Waals surface area (Å²) in [6, 6.07) is 23.5. The van der Waals surface area contributed by atoms with Crippen LogP contribution in [0.4, 0.5) is 23.2 Å². The predicted octanol–water partition coefficient (Wildman–Crippen LogP) is 6.59. The second-order valence-electron chi connectivity index (χ2n) is 11.0. The van der Waals surface area contributed by atoms with Crippen LogP contribution in [0.1, 0.15) is 37.0 Å². The Balaban J connectivity index is 1.85. The van der Waals surface area contributed by atoms with Gasteiger partial charge in [-0.15, -0.1) is 0 Å². The average Bonchev–Trinajstić information content (AvgIpc) is 3.06. The molecule has 4 aromatic carbocycles. The van der Waals surface area contributed by atoms with Crippen molar-refractivity contribution in [2.45, 2.75) is 56.4 Å². The van der Waals surface area contributed by atoms with E-state index in [1.54, 1.807) is 49.4 Å². The summed E-state index contributed by atoms with van der Waals surface area (Å²) in [5.41, 5.74) is -0.790. The first-order chi connectivity index (χ1) is 22.3. The predicted molar refractivity (Wildman–Crippen MR) is 171 cm³/mol. The Morgan fingerprint density at radius 3 is 2.09 bits per heavy atom. The number of alkyl halides is 3. The first-order valence-corrected chi connectivity index (χ1v) is 16.4. The molecule has 0 fully saturated rings. The summed E-state index contributed by atoms with van der Waals surface area (Å²) < 4.78 is 84.8. The molecule has 7 nitrogen and oxygen atoms in total. The van der Waals surface area contributed by atoms with Gasteiger partial charge in [-0.2, -0.15) is 13.2 Å². The van der Waals surface area contributed by atoms with E-state index in [9.17, 15) is 31.2 Å². The molecule has 2 amide bonds. The molecule has 1 N–H and O–H groups in total. The number of hydrogen-bond acceptors (Lipinski definition) is 4. The first-order valence-electron chi connectivity index (χ1n) is 14.9. The van der Waals surface area contributed by atoms with Crippen LogP contribution in [0.15, 0.2) is 114 Å². The maximum atomic E-state index is 15.0.